The number of carbonyl (C=O) groups is 2. The van der Waals surface area contributed by atoms with Crippen molar-refractivity contribution in [3.8, 4) is 0 Å². The molecule has 4 rings (SSSR count). The lowest BCUT2D eigenvalue weighted by atomic mass is 9.71. The topological polar surface area (TPSA) is 90.5 Å². The van der Waals surface area contributed by atoms with Crippen LogP contribution in [-0.4, -0.2) is 51.7 Å². The third-order valence-corrected chi connectivity index (χ3v) is 6.16. The minimum absolute atomic E-state index is 0.111. The van der Waals surface area contributed by atoms with E-state index in [1.807, 2.05) is 0 Å². The molecular weight excluding hydrogens is 401 g/mol. The summed E-state index contributed by atoms with van der Waals surface area (Å²) in [5.74, 6) is -0.489. The van der Waals surface area contributed by atoms with Crippen molar-refractivity contribution in [1.29, 1.82) is 0 Å². The summed E-state index contributed by atoms with van der Waals surface area (Å²) in [4.78, 5) is 26.8. The normalized spacial score (nSPS) is 26.1. The van der Waals surface area contributed by atoms with E-state index in [0.29, 0.717) is 37.9 Å². The minimum atomic E-state index is -4.53. The van der Waals surface area contributed by atoms with Gasteiger partial charge in [0.1, 0.15) is 12.1 Å². The van der Waals surface area contributed by atoms with Crippen LogP contribution in [0.15, 0.2) is 11.8 Å². The van der Waals surface area contributed by atoms with Gasteiger partial charge < -0.3 is 15.4 Å². The molecule has 1 saturated heterocycles. The lowest BCUT2D eigenvalue weighted by molar-refractivity contribution is -0.152. The van der Waals surface area contributed by atoms with Crippen molar-refractivity contribution in [1.82, 2.24) is 14.7 Å². The molecule has 0 bridgehead atoms. The first-order valence-corrected chi connectivity index (χ1v) is 10.0. The monoisotopic (exact) mass is 426 g/mol. The summed E-state index contributed by atoms with van der Waals surface area (Å²) in [5, 5.41) is 3.72. The van der Waals surface area contributed by atoms with E-state index in [9.17, 15) is 22.8 Å². The van der Waals surface area contributed by atoms with Gasteiger partial charge in [0.15, 0.2) is 11.5 Å². The van der Waals surface area contributed by atoms with Crippen molar-refractivity contribution < 1.29 is 27.5 Å². The number of ether oxygens (including phenoxy) is 1. The summed E-state index contributed by atoms with van der Waals surface area (Å²) in [5.41, 5.74) is 4.24. The van der Waals surface area contributed by atoms with E-state index in [4.69, 9.17) is 10.5 Å². The van der Waals surface area contributed by atoms with Gasteiger partial charge in [0.2, 0.25) is 5.91 Å². The summed E-state index contributed by atoms with van der Waals surface area (Å²) >= 11 is 0. The predicted molar refractivity (Wildman–Crippen MR) is 100 cm³/mol. The van der Waals surface area contributed by atoms with E-state index in [1.54, 1.807) is 24.8 Å². The van der Waals surface area contributed by atoms with E-state index < -0.39 is 22.9 Å². The average molecular weight is 426 g/mol. The van der Waals surface area contributed by atoms with Gasteiger partial charge in [0.05, 0.1) is 18.8 Å². The first-order chi connectivity index (χ1) is 13.9. The number of hydrogen-bond acceptors (Lipinski definition) is 5. The largest absolute Gasteiger partial charge is 0.435 e. The standard InChI is InChI=1S/C20H25F3N4O3/c1-18(2)10-19(8-13(24)17(18)29)11-26(6-7-30-19)15(28)9-27-14-5-3-4-12(14)16(25-27)20(21,22)23/h8H,3-7,9-11,24H2,1-2H3. The van der Waals surface area contributed by atoms with Crippen molar-refractivity contribution in [3.05, 3.63) is 28.7 Å². The number of carbonyl (C=O) groups excluding carboxylic acids is 2. The Balaban J connectivity index is 1.55. The molecule has 7 nitrogen and oxygen atoms in total. The zero-order chi connectivity index (χ0) is 21.9. The van der Waals surface area contributed by atoms with Crippen LogP contribution in [0, 0.1) is 5.41 Å². The van der Waals surface area contributed by atoms with Crippen LogP contribution in [0.2, 0.25) is 0 Å². The van der Waals surface area contributed by atoms with Crippen LogP contribution >= 0.6 is 0 Å². The molecular formula is C20H25F3N4O3. The summed E-state index contributed by atoms with van der Waals surface area (Å²) in [6, 6.07) is 0. The molecule has 3 aliphatic rings. The van der Waals surface area contributed by atoms with E-state index in [1.165, 1.54) is 4.68 Å². The quantitative estimate of drug-likeness (QED) is 0.779. The van der Waals surface area contributed by atoms with E-state index in [-0.39, 0.29) is 42.6 Å². The van der Waals surface area contributed by atoms with Crippen molar-refractivity contribution in [2.45, 2.75) is 57.9 Å². The second-order valence-corrected chi connectivity index (χ2v) is 9.00. The van der Waals surface area contributed by atoms with Gasteiger partial charge >= 0.3 is 6.18 Å². The van der Waals surface area contributed by atoms with Crippen LogP contribution in [0.3, 0.4) is 0 Å². The second kappa shape index (κ2) is 6.83. The lowest BCUT2D eigenvalue weighted by Crippen LogP contribution is -2.58. The molecule has 30 heavy (non-hydrogen) atoms. The number of allylic oxidation sites excluding steroid dienone is 1. The first kappa shape index (κ1) is 20.9. The number of rotatable bonds is 2. The molecule has 1 amide bonds. The van der Waals surface area contributed by atoms with E-state index >= 15 is 0 Å². The molecule has 1 aromatic rings. The molecule has 2 N–H and O–H groups in total. The summed E-state index contributed by atoms with van der Waals surface area (Å²) in [7, 11) is 0. The van der Waals surface area contributed by atoms with Crippen LogP contribution in [0.1, 0.15) is 43.6 Å². The number of aromatic nitrogens is 2. The fourth-order valence-corrected chi connectivity index (χ4v) is 4.93. The van der Waals surface area contributed by atoms with Crippen molar-refractivity contribution in [2.24, 2.45) is 11.1 Å². The molecule has 1 unspecified atom stereocenters. The van der Waals surface area contributed by atoms with Gasteiger partial charge in [-0.05, 0) is 31.8 Å². The maximum atomic E-state index is 13.3. The number of hydrogen-bond donors (Lipinski definition) is 1. The Morgan fingerprint density at radius 2 is 2.07 bits per heavy atom. The third kappa shape index (κ3) is 3.51. The van der Waals surface area contributed by atoms with E-state index in [2.05, 4.69) is 5.10 Å². The number of nitrogens with two attached hydrogens (primary N) is 1. The Morgan fingerprint density at radius 3 is 2.73 bits per heavy atom. The molecule has 10 heteroatoms. The number of amides is 1. The Labute approximate surface area is 172 Å². The number of ketones is 1. The van der Waals surface area contributed by atoms with Crippen molar-refractivity contribution in [3.63, 3.8) is 0 Å². The number of morpholine rings is 1. The number of nitrogens with zero attached hydrogens (tertiary/aromatic N) is 3. The molecule has 0 saturated carbocycles. The van der Waals surface area contributed by atoms with Gasteiger partial charge in [-0.25, -0.2) is 0 Å². The number of alkyl halides is 3. The van der Waals surface area contributed by atoms with Crippen LogP contribution < -0.4 is 5.73 Å². The fraction of sp³-hybridized carbons (Fsp3) is 0.650. The molecule has 1 atom stereocenters. The Morgan fingerprint density at radius 1 is 1.33 bits per heavy atom. The third-order valence-electron chi connectivity index (χ3n) is 6.16. The minimum Gasteiger partial charge on any atom is -0.396 e. The maximum Gasteiger partial charge on any atom is 0.435 e. The Kier molecular flexibility index (Phi) is 4.76. The Hall–Kier alpha value is -2.36. The van der Waals surface area contributed by atoms with Gasteiger partial charge in [-0.15, -0.1) is 0 Å². The zero-order valence-electron chi connectivity index (χ0n) is 17.0. The molecule has 2 aliphatic carbocycles. The molecule has 164 valence electrons. The summed E-state index contributed by atoms with van der Waals surface area (Å²) in [6.45, 7) is 4.08. The smallest absolute Gasteiger partial charge is 0.396 e. The van der Waals surface area contributed by atoms with Crippen LogP contribution in [0.25, 0.3) is 0 Å². The Bertz CT molecular complexity index is 934. The van der Waals surface area contributed by atoms with Gasteiger partial charge in [-0.3, -0.25) is 14.3 Å². The van der Waals surface area contributed by atoms with Gasteiger partial charge in [-0.2, -0.15) is 18.3 Å². The summed E-state index contributed by atoms with van der Waals surface area (Å²) < 4.78 is 47.0. The zero-order valence-corrected chi connectivity index (χ0v) is 17.0. The highest BCUT2D eigenvalue weighted by atomic mass is 19.4. The van der Waals surface area contributed by atoms with Gasteiger partial charge in [-0.1, -0.05) is 13.8 Å². The lowest BCUT2D eigenvalue weighted by Gasteiger charge is -2.46. The highest BCUT2D eigenvalue weighted by Gasteiger charge is 2.48. The summed E-state index contributed by atoms with van der Waals surface area (Å²) in [6.07, 6.45) is -1.15. The maximum absolute atomic E-state index is 13.3. The van der Waals surface area contributed by atoms with Crippen LogP contribution in [0.4, 0.5) is 13.2 Å². The SMILES string of the molecule is CC1(C)CC2(C=C(N)C1=O)CN(C(=O)Cn1nc(C(F)(F)F)c3c1CCC3)CCO2. The number of Topliss-reactive ketones (excluding diaryl/α,β-unsaturated/α-hetero) is 1. The number of halogens is 3. The predicted octanol–water partition coefficient (Wildman–Crippen LogP) is 1.83. The number of fused-ring (bicyclic) bond motifs is 1. The van der Waals surface area contributed by atoms with Gasteiger partial charge in [0, 0.05) is 23.2 Å². The highest BCUT2D eigenvalue weighted by Crippen LogP contribution is 2.40. The molecule has 1 aromatic heterocycles. The fourth-order valence-electron chi connectivity index (χ4n) is 4.93. The van der Waals surface area contributed by atoms with Gasteiger partial charge in [0.25, 0.3) is 0 Å². The molecule has 0 radical (unpaired) electrons. The molecule has 1 spiro atoms. The van der Waals surface area contributed by atoms with Crippen molar-refractivity contribution in [2.75, 3.05) is 19.7 Å². The first-order valence-electron chi connectivity index (χ1n) is 10.0. The van der Waals surface area contributed by atoms with Crippen molar-refractivity contribution >= 4 is 11.7 Å². The highest BCUT2D eigenvalue weighted by molar-refractivity contribution is 5.99. The van der Waals surface area contributed by atoms with E-state index in [0.717, 1.165) is 0 Å². The molecule has 1 aliphatic heterocycles. The molecule has 2 heterocycles. The van der Waals surface area contributed by atoms with Crippen LogP contribution in [-0.2, 0) is 39.9 Å². The molecule has 0 aromatic carbocycles. The average Bonchev–Trinajstić information content (AvgIpc) is 3.22. The molecule has 1 fully saturated rings. The van der Waals surface area contributed by atoms with Crippen LogP contribution in [0.5, 0.6) is 0 Å². The second-order valence-electron chi connectivity index (χ2n) is 9.00.